The van der Waals surface area contributed by atoms with Crippen molar-refractivity contribution in [3.05, 3.63) is 67.1 Å². The van der Waals surface area contributed by atoms with Crippen molar-refractivity contribution < 1.29 is 37.3 Å². The van der Waals surface area contributed by atoms with E-state index >= 15 is 0 Å². The molecule has 0 aliphatic carbocycles. The third-order valence-electron chi connectivity index (χ3n) is 5.64. The Labute approximate surface area is 218 Å². The molecule has 1 fully saturated rings. The smallest absolute Gasteiger partial charge is 0.481 e. The molecule has 10 nitrogen and oxygen atoms in total. The topological polar surface area (TPSA) is 114 Å². The lowest BCUT2D eigenvalue weighted by molar-refractivity contribution is -0.274. The van der Waals surface area contributed by atoms with Crippen LogP contribution in [0.1, 0.15) is 8.35 Å². The highest BCUT2D eigenvalue weighted by Gasteiger charge is 2.31. The van der Waals surface area contributed by atoms with E-state index in [1.807, 2.05) is 4.90 Å². The molecule has 38 heavy (non-hydrogen) atoms. The van der Waals surface area contributed by atoms with E-state index in [9.17, 15) is 26.4 Å². The molecule has 1 unspecified atom stereocenters. The molecule has 1 N–H and O–H groups in total. The third kappa shape index (κ3) is 7.03. The Bertz CT molecular complexity index is 1340. The van der Waals surface area contributed by atoms with Gasteiger partial charge in [-0.25, -0.2) is 18.4 Å². The van der Waals surface area contributed by atoms with E-state index in [1.165, 1.54) is 42.9 Å². The lowest BCUT2D eigenvalue weighted by Crippen LogP contribution is -2.52. The quantitative estimate of drug-likeness (QED) is 0.451. The normalized spacial score (nSPS) is 15.1. The molecule has 1 amide bonds. The summed E-state index contributed by atoms with van der Waals surface area (Å²) in [5, 5.41) is 0. The number of aromatic nitrogens is 2. The van der Waals surface area contributed by atoms with E-state index in [0.29, 0.717) is 26.2 Å². The van der Waals surface area contributed by atoms with Crippen molar-refractivity contribution >= 4 is 27.4 Å². The van der Waals surface area contributed by atoms with Crippen LogP contribution < -0.4 is 19.1 Å². The molecule has 1 atom stereocenters. The van der Waals surface area contributed by atoms with Crippen LogP contribution in [0, 0.1) is 0 Å². The molecular formula is C24H26F3N5O5S. The van der Waals surface area contributed by atoms with Crippen molar-refractivity contribution in [1.82, 2.24) is 14.9 Å². The van der Waals surface area contributed by atoms with Crippen LogP contribution >= 0.6 is 0 Å². The molecule has 0 spiro atoms. The summed E-state index contributed by atoms with van der Waals surface area (Å²) in [4.78, 5) is 24.2. The molecule has 1 aromatic heterocycles. The minimum atomic E-state index is -4.79. The lowest BCUT2D eigenvalue weighted by atomic mass is 10.2. The van der Waals surface area contributed by atoms with Crippen LogP contribution in [-0.4, -0.2) is 67.8 Å². The molecule has 3 aromatic rings. The maximum absolute atomic E-state index is 12.8. The molecule has 4 rings (SSSR count). The summed E-state index contributed by atoms with van der Waals surface area (Å²) < 4.78 is 73.9. The second-order valence-corrected chi connectivity index (χ2v) is 9.97. The fraction of sp³-hybridized carbons (Fsp3) is 0.292. The van der Waals surface area contributed by atoms with Gasteiger partial charge in [-0.15, -0.1) is 13.2 Å². The number of nitrogens with one attached hydrogen (secondary N) is 1. The summed E-state index contributed by atoms with van der Waals surface area (Å²) >= 11 is 0. The standard InChI is InChI=1S/C24H24F3N5O5S.H2/c1-17(36-19-4-6-20(7-5-19)37-24(25,26)27)23(33)32-14-12-31(13-15-32)18-2-8-21(9-3-18)38(34,35)30-22-10-11-28-16-29-22;/h2-11,16-17H,12-15H2,1H3,(H,28,29,30);1H. The maximum atomic E-state index is 12.8. The highest BCUT2D eigenvalue weighted by molar-refractivity contribution is 7.92. The second-order valence-electron chi connectivity index (χ2n) is 8.29. The SMILES string of the molecule is CC(Oc1ccc(OC(F)(F)F)cc1)C(=O)N1CCN(c2ccc(S(=O)(=O)Nc3ccncn3)cc2)CC1.[HH]. The molecule has 1 aliphatic heterocycles. The molecule has 1 saturated heterocycles. The summed E-state index contributed by atoms with van der Waals surface area (Å²) in [6.45, 7) is 3.45. The first-order chi connectivity index (χ1) is 18.0. The van der Waals surface area contributed by atoms with E-state index in [-0.39, 0.29) is 29.5 Å². The van der Waals surface area contributed by atoms with Crippen molar-refractivity contribution in [3.63, 3.8) is 0 Å². The van der Waals surface area contributed by atoms with Gasteiger partial charge in [-0.1, -0.05) is 0 Å². The molecule has 1 aliphatic rings. The van der Waals surface area contributed by atoms with Gasteiger partial charge in [0.05, 0.1) is 4.90 Å². The van der Waals surface area contributed by atoms with Gasteiger partial charge < -0.3 is 19.3 Å². The van der Waals surface area contributed by atoms with Crippen molar-refractivity contribution in [2.24, 2.45) is 0 Å². The molecule has 0 bridgehead atoms. The second kappa shape index (κ2) is 11.1. The minimum absolute atomic E-state index is 0. The number of anilines is 2. The van der Waals surface area contributed by atoms with Gasteiger partial charge in [0, 0.05) is 39.5 Å². The van der Waals surface area contributed by atoms with E-state index in [1.54, 1.807) is 24.0 Å². The zero-order chi connectivity index (χ0) is 27.3. The number of rotatable bonds is 8. The van der Waals surface area contributed by atoms with E-state index < -0.39 is 22.5 Å². The molecule has 2 heterocycles. The first kappa shape index (κ1) is 27.0. The fourth-order valence-corrected chi connectivity index (χ4v) is 4.81. The summed E-state index contributed by atoms with van der Waals surface area (Å²) in [6, 6.07) is 12.7. The zero-order valence-corrected chi connectivity index (χ0v) is 20.9. The van der Waals surface area contributed by atoms with Crippen molar-refractivity contribution in [3.8, 4) is 11.5 Å². The number of carbonyl (C=O) groups is 1. The number of benzene rings is 2. The Morgan fingerprint density at radius 2 is 1.63 bits per heavy atom. The average molecular weight is 554 g/mol. The highest BCUT2D eigenvalue weighted by atomic mass is 32.2. The van der Waals surface area contributed by atoms with Gasteiger partial charge in [-0.2, -0.15) is 0 Å². The molecule has 0 radical (unpaired) electrons. The first-order valence-corrected chi connectivity index (χ1v) is 12.9. The molecule has 2 aromatic carbocycles. The monoisotopic (exact) mass is 553 g/mol. The van der Waals surface area contributed by atoms with Gasteiger partial charge in [-0.05, 0) is 61.5 Å². The van der Waals surface area contributed by atoms with Gasteiger partial charge in [0.25, 0.3) is 15.9 Å². The predicted molar refractivity (Wildman–Crippen MR) is 133 cm³/mol. The van der Waals surface area contributed by atoms with Gasteiger partial charge in [-0.3, -0.25) is 9.52 Å². The van der Waals surface area contributed by atoms with Crippen LogP contribution in [0.4, 0.5) is 24.7 Å². The molecule has 204 valence electrons. The molecule has 14 heteroatoms. The first-order valence-electron chi connectivity index (χ1n) is 11.5. The number of carbonyl (C=O) groups excluding carboxylic acids is 1. The van der Waals surface area contributed by atoms with Crippen molar-refractivity contribution in [1.29, 1.82) is 0 Å². The number of hydrogen-bond donors (Lipinski definition) is 1. The van der Waals surface area contributed by atoms with Crippen molar-refractivity contribution in [2.75, 3.05) is 35.8 Å². The summed E-state index contributed by atoms with van der Waals surface area (Å²) in [6.07, 6.45) is -2.96. The molecular weight excluding hydrogens is 527 g/mol. The van der Waals surface area contributed by atoms with Crippen LogP contribution in [0.3, 0.4) is 0 Å². The summed E-state index contributed by atoms with van der Waals surface area (Å²) in [7, 11) is -3.81. The number of sulfonamides is 1. The number of piperazine rings is 1. The Kier molecular flexibility index (Phi) is 7.90. The average Bonchev–Trinajstić information content (AvgIpc) is 2.89. The predicted octanol–water partition coefficient (Wildman–Crippen LogP) is 3.54. The van der Waals surface area contributed by atoms with Gasteiger partial charge in [0.1, 0.15) is 23.6 Å². The lowest BCUT2D eigenvalue weighted by Gasteiger charge is -2.37. The zero-order valence-electron chi connectivity index (χ0n) is 20.1. The van der Waals surface area contributed by atoms with Crippen LogP contribution in [0.25, 0.3) is 0 Å². The van der Waals surface area contributed by atoms with Gasteiger partial charge in [0.15, 0.2) is 6.10 Å². The van der Waals surface area contributed by atoms with Crippen LogP contribution in [0.15, 0.2) is 72.0 Å². The number of ether oxygens (including phenoxy) is 2. The Morgan fingerprint density at radius 1 is 1.00 bits per heavy atom. The Morgan fingerprint density at radius 3 is 2.21 bits per heavy atom. The summed E-state index contributed by atoms with van der Waals surface area (Å²) in [5.41, 5.74) is 0.809. The van der Waals surface area contributed by atoms with E-state index in [4.69, 9.17) is 4.74 Å². The summed E-state index contributed by atoms with van der Waals surface area (Å²) in [5.74, 6) is -0.232. The number of halogens is 3. The number of amides is 1. The Hall–Kier alpha value is -4.07. The van der Waals surface area contributed by atoms with Gasteiger partial charge >= 0.3 is 6.36 Å². The minimum Gasteiger partial charge on any atom is -0.481 e. The maximum Gasteiger partial charge on any atom is 0.573 e. The number of hydrogen-bond acceptors (Lipinski definition) is 8. The number of alkyl halides is 3. The largest absolute Gasteiger partial charge is 0.573 e. The highest BCUT2D eigenvalue weighted by Crippen LogP contribution is 2.26. The van der Waals surface area contributed by atoms with Crippen LogP contribution in [0.5, 0.6) is 11.5 Å². The number of nitrogens with zero attached hydrogens (tertiary/aromatic N) is 4. The van der Waals surface area contributed by atoms with Gasteiger partial charge in [0.2, 0.25) is 0 Å². The third-order valence-corrected chi connectivity index (χ3v) is 7.01. The molecule has 0 saturated carbocycles. The van der Waals surface area contributed by atoms with E-state index in [2.05, 4.69) is 19.4 Å². The van der Waals surface area contributed by atoms with E-state index in [0.717, 1.165) is 17.8 Å². The van der Waals surface area contributed by atoms with Crippen LogP contribution in [0.2, 0.25) is 0 Å². The van der Waals surface area contributed by atoms with Crippen LogP contribution in [-0.2, 0) is 14.8 Å². The fourth-order valence-electron chi connectivity index (χ4n) is 3.80. The Balaban J connectivity index is 0.00000420. The van der Waals surface area contributed by atoms with Crippen molar-refractivity contribution in [2.45, 2.75) is 24.3 Å².